The number of fused-ring (bicyclic) bond motifs is 1. The van der Waals surface area contributed by atoms with Gasteiger partial charge in [-0.3, -0.25) is 4.90 Å². The van der Waals surface area contributed by atoms with Crippen LogP contribution in [0.4, 0.5) is 0 Å². The fraction of sp³-hybridized carbons (Fsp3) is 0.600. The number of likely N-dealkylation sites (tertiary alicyclic amines) is 1. The highest BCUT2D eigenvalue weighted by Crippen LogP contribution is 2.35. The van der Waals surface area contributed by atoms with Gasteiger partial charge in [0, 0.05) is 23.6 Å². The zero-order chi connectivity index (χ0) is 12.5. The first kappa shape index (κ1) is 12.6. The van der Waals surface area contributed by atoms with Crippen molar-refractivity contribution in [2.75, 3.05) is 19.6 Å². The van der Waals surface area contributed by atoms with Gasteiger partial charge < -0.3 is 5.32 Å². The molecule has 0 saturated carbocycles. The minimum Gasteiger partial charge on any atom is -0.316 e. The molecule has 3 heteroatoms. The number of benzene rings is 1. The fourth-order valence-corrected chi connectivity index (χ4v) is 4.11. The minimum atomic E-state index is 0.761. The molecule has 2 fully saturated rings. The van der Waals surface area contributed by atoms with Gasteiger partial charge in [0.1, 0.15) is 0 Å². The Bertz CT molecular complexity index is 421. The molecular weight excluding hydrogens is 288 g/mol. The van der Waals surface area contributed by atoms with Crippen LogP contribution in [0, 0.1) is 11.8 Å². The summed E-state index contributed by atoms with van der Waals surface area (Å²) in [6.07, 6.45) is 1.27. The van der Waals surface area contributed by atoms with Gasteiger partial charge in [0.15, 0.2) is 0 Å². The molecule has 1 N–H and O–H groups in total. The molecule has 0 amide bonds. The predicted octanol–water partition coefficient (Wildman–Crippen LogP) is 2.88. The van der Waals surface area contributed by atoms with Gasteiger partial charge in [-0.15, -0.1) is 0 Å². The average Bonchev–Trinajstić information content (AvgIpc) is 2.92. The Morgan fingerprint density at radius 2 is 2.17 bits per heavy atom. The fourth-order valence-electron chi connectivity index (χ4n) is 3.70. The zero-order valence-corrected chi connectivity index (χ0v) is 12.5. The summed E-state index contributed by atoms with van der Waals surface area (Å²) in [5, 5.41) is 3.55. The standard InChI is InChI=1S/C15H21BrN2/c1-2-15-13-8-17-7-12(13)10-18(15)9-11-5-3-4-6-14(11)16/h3-6,12-13,15,17H,2,7-10H2,1H3. The van der Waals surface area contributed by atoms with Crippen LogP contribution in [0.15, 0.2) is 28.7 Å². The van der Waals surface area contributed by atoms with E-state index in [4.69, 9.17) is 0 Å². The van der Waals surface area contributed by atoms with Crippen LogP contribution in [0.3, 0.4) is 0 Å². The first-order valence-electron chi connectivity index (χ1n) is 6.97. The van der Waals surface area contributed by atoms with E-state index in [2.05, 4.69) is 57.3 Å². The maximum atomic E-state index is 3.67. The van der Waals surface area contributed by atoms with Crippen LogP contribution in [0.1, 0.15) is 18.9 Å². The summed E-state index contributed by atoms with van der Waals surface area (Å²) in [5.41, 5.74) is 1.42. The lowest BCUT2D eigenvalue weighted by molar-refractivity contribution is 0.210. The molecule has 18 heavy (non-hydrogen) atoms. The second-order valence-corrected chi connectivity index (χ2v) is 6.43. The van der Waals surface area contributed by atoms with Crippen molar-refractivity contribution in [2.45, 2.75) is 25.9 Å². The Hall–Kier alpha value is -0.380. The lowest BCUT2D eigenvalue weighted by Gasteiger charge is -2.27. The third kappa shape index (κ3) is 2.24. The lowest BCUT2D eigenvalue weighted by Crippen LogP contribution is -2.34. The molecule has 2 nitrogen and oxygen atoms in total. The van der Waals surface area contributed by atoms with Gasteiger partial charge in [0.25, 0.3) is 0 Å². The highest BCUT2D eigenvalue weighted by Gasteiger charge is 2.42. The van der Waals surface area contributed by atoms with Crippen molar-refractivity contribution in [1.29, 1.82) is 0 Å². The van der Waals surface area contributed by atoms with E-state index in [1.54, 1.807) is 0 Å². The maximum Gasteiger partial charge on any atom is 0.0248 e. The summed E-state index contributed by atoms with van der Waals surface area (Å²) in [4.78, 5) is 2.69. The van der Waals surface area contributed by atoms with E-state index in [0.29, 0.717) is 0 Å². The molecule has 3 unspecified atom stereocenters. The second kappa shape index (κ2) is 5.32. The summed E-state index contributed by atoms with van der Waals surface area (Å²) in [6.45, 7) is 7.12. The minimum absolute atomic E-state index is 0.761. The molecule has 3 rings (SSSR count). The van der Waals surface area contributed by atoms with Crippen LogP contribution in [0.2, 0.25) is 0 Å². The first-order valence-corrected chi connectivity index (χ1v) is 7.77. The number of nitrogens with one attached hydrogen (secondary N) is 1. The van der Waals surface area contributed by atoms with Gasteiger partial charge in [-0.05, 0) is 43.0 Å². The number of rotatable bonds is 3. The van der Waals surface area contributed by atoms with E-state index >= 15 is 0 Å². The Kier molecular flexibility index (Phi) is 3.73. The molecule has 0 radical (unpaired) electrons. The van der Waals surface area contributed by atoms with Crippen LogP contribution in [0.25, 0.3) is 0 Å². The molecule has 0 spiro atoms. The molecule has 98 valence electrons. The Labute approximate surface area is 118 Å². The Morgan fingerprint density at radius 3 is 2.94 bits per heavy atom. The van der Waals surface area contributed by atoms with Gasteiger partial charge >= 0.3 is 0 Å². The van der Waals surface area contributed by atoms with Gasteiger partial charge in [-0.25, -0.2) is 0 Å². The van der Waals surface area contributed by atoms with Crippen LogP contribution in [0.5, 0.6) is 0 Å². The highest BCUT2D eigenvalue weighted by atomic mass is 79.9. The molecule has 2 aliphatic rings. The van der Waals surface area contributed by atoms with Crippen molar-refractivity contribution in [2.24, 2.45) is 11.8 Å². The monoisotopic (exact) mass is 308 g/mol. The molecule has 2 heterocycles. The van der Waals surface area contributed by atoms with E-state index in [1.165, 1.54) is 36.1 Å². The van der Waals surface area contributed by atoms with Crippen molar-refractivity contribution < 1.29 is 0 Å². The summed E-state index contributed by atoms with van der Waals surface area (Å²) in [5.74, 6) is 1.75. The Morgan fingerprint density at radius 1 is 1.33 bits per heavy atom. The number of nitrogens with zero attached hydrogens (tertiary/aromatic N) is 1. The van der Waals surface area contributed by atoms with E-state index in [0.717, 1.165) is 24.4 Å². The van der Waals surface area contributed by atoms with Gasteiger partial charge in [0.2, 0.25) is 0 Å². The van der Waals surface area contributed by atoms with Crippen LogP contribution in [-0.2, 0) is 6.54 Å². The normalized spacial score (nSPS) is 31.8. The molecule has 0 aromatic heterocycles. The quantitative estimate of drug-likeness (QED) is 0.923. The summed E-state index contributed by atoms with van der Waals surface area (Å²) < 4.78 is 1.25. The van der Waals surface area contributed by atoms with Gasteiger partial charge in [-0.1, -0.05) is 41.1 Å². The van der Waals surface area contributed by atoms with Crippen molar-refractivity contribution >= 4 is 15.9 Å². The third-order valence-electron chi connectivity index (χ3n) is 4.57. The summed E-state index contributed by atoms with van der Waals surface area (Å²) in [6, 6.07) is 9.38. The van der Waals surface area contributed by atoms with Gasteiger partial charge in [-0.2, -0.15) is 0 Å². The molecule has 2 aliphatic heterocycles. The number of halogens is 1. The zero-order valence-electron chi connectivity index (χ0n) is 10.9. The van der Waals surface area contributed by atoms with E-state index in [1.807, 2.05) is 0 Å². The smallest absolute Gasteiger partial charge is 0.0248 e. The van der Waals surface area contributed by atoms with Crippen LogP contribution in [-0.4, -0.2) is 30.6 Å². The van der Waals surface area contributed by atoms with Crippen molar-refractivity contribution in [3.8, 4) is 0 Å². The molecule has 0 aliphatic carbocycles. The largest absolute Gasteiger partial charge is 0.316 e. The van der Waals surface area contributed by atoms with Crippen LogP contribution < -0.4 is 5.32 Å². The molecule has 2 saturated heterocycles. The molecule has 1 aromatic rings. The van der Waals surface area contributed by atoms with Crippen molar-refractivity contribution in [1.82, 2.24) is 10.2 Å². The number of hydrogen-bond donors (Lipinski definition) is 1. The molecular formula is C15H21BrN2. The average molecular weight is 309 g/mol. The highest BCUT2D eigenvalue weighted by molar-refractivity contribution is 9.10. The molecule has 0 bridgehead atoms. The predicted molar refractivity (Wildman–Crippen MR) is 78.5 cm³/mol. The van der Waals surface area contributed by atoms with E-state index in [9.17, 15) is 0 Å². The second-order valence-electron chi connectivity index (χ2n) is 5.58. The third-order valence-corrected chi connectivity index (χ3v) is 5.35. The first-order chi connectivity index (χ1) is 8.79. The van der Waals surface area contributed by atoms with Gasteiger partial charge in [0.05, 0.1) is 0 Å². The van der Waals surface area contributed by atoms with E-state index < -0.39 is 0 Å². The topological polar surface area (TPSA) is 15.3 Å². The molecule has 3 atom stereocenters. The summed E-state index contributed by atoms with van der Waals surface area (Å²) >= 11 is 3.67. The molecule has 1 aromatic carbocycles. The maximum absolute atomic E-state index is 3.67. The van der Waals surface area contributed by atoms with Crippen LogP contribution >= 0.6 is 15.9 Å². The lowest BCUT2D eigenvalue weighted by atomic mass is 9.93. The van der Waals surface area contributed by atoms with E-state index in [-0.39, 0.29) is 0 Å². The Balaban J connectivity index is 1.75. The SMILES string of the molecule is CCC1C2CNCC2CN1Cc1ccccc1Br. The number of hydrogen-bond acceptors (Lipinski definition) is 2. The van der Waals surface area contributed by atoms with Crippen molar-refractivity contribution in [3.63, 3.8) is 0 Å². The van der Waals surface area contributed by atoms with Crippen molar-refractivity contribution in [3.05, 3.63) is 34.3 Å². The summed E-state index contributed by atoms with van der Waals surface area (Å²) in [7, 11) is 0.